The second-order valence-electron chi connectivity index (χ2n) is 3.69. The molecule has 6 nitrogen and oxygen atoms in total. The Bertz CT molecular complexity index is 452. The molecule has 8 heteroatoms. The fourth-order valence-corrected chi connectivity index (χ4v) is 1.43. The lowest BCUT2D eigenvalue weighted by atomic mass is 10.2. The molecule has 0 radical (unpaired) electrons. The standard InChI is InChI=1S/C10H15F2N3O3.C2H6/c1-17-6-7(18-2)5-10(11,12)15-4-3-8(13)14-9(15)16;1-2/h3-4,7H,5-6H2,1-2H3,(H2,13,14,16);1-2H3. The molecule has 0 aliphatic heterocycles. The first-order valence-electron chi connectivity index (χ1n) is 6.16. The zero-order valence-corrected chi connectivity index (χ0v) is 12.1. The molecule has 116 valence electrons. The molecule has 1 heterocycles. The maximum absolute atomic E-state index is 13.9. The van der Waals surface area contributed by atoms with E-state index in [1.807, 2.05) is 13.8 Å². The predicted molar refractivity (Wildman–Crippen MR) is 71.7 cm³/mol. The third kappa shape index (κ3) is 5.22. The second kappa shape index (κ2) is 8.60. The zero-order valence-electron chi connectivity index (χ0n) is 12.1. The lowest BCUT2D eigenvalue weighted by Gasteiger charge is -2.23. The number of nitrogens with zero attached hydrogens (tertiary/aromatic N) is 2. The number of hydrogen-bond acceptors (Lipinski definition) is 5. The van der Waals surface area contributed by atoms with E-state index < -0.39 is 24.3 Å². The summed E-state index contributed by atoms with van der Waals surface area (Å²) < 4.78 is 37.5. The van der Waals surface area contributed by atoms with Crippen LogP contribution >= 0.6 is 0 Å². The SMILES string of the molecule is CC.COCC(CC(F)(F)n1ccc(N)nc1=O)OC. The van der Waals surface area contributed by atoms with Crippen molar-refractivity contribution in [1.29, 1.82) is 0 Å². The molecule has 0 aromatic carbocycles. The normalized spacial score (nSPS) is 12.5. The highest BCUT2D eigenvalue weighted by Crippen LogP contribution is 2.26. The van der Waals surface area contributed by atoms with Crippen LogP contribution in [0, 0.1) is 0 Å². The Balaban J connectivity index is 0.00000172. The van der Waals surface area contributed by atoms with Crippen molar-refractivity contribution in [1.82, 2.24) is 9.55 Å². The van der Waals surface area contributed by atoms with Gasteiger partial charge in [0.25, 0.3) is 0 Å². The van der Waals surface area contributed by atoms with Crippen LogP contribution in [0.1, 0.15) is 20.3 Å². The summed E-state index contributed by atoms with van der Waals surface area (Å²) >= 11 is 0. The van der Waals surface area contributed by atoms with Gasteiger partial charge in [0.05, 0.1) is 19.1 Å². The topological polar surface area (TPSA) is 79.4 Å². The molecule has 1 atom stereocenters. The van der Waals surface area contributed by atoms with Crippen molar-refractivity contribution in [3.63, 3.8) is 0 Å². The number of methoxy groups -OCH3 is 2. The van der Waals surface area contributed by atoms with Crippen LogP contribution in [-0.2, 0) is 15.5 Å². The van der Waals surface area contributed by atoms with Crippen LogP contribution in [0.3, 0.4) is 0 Å². The number of halogens is 2. The molecule has 0 fully saturated rings. The molecule has 0 spiro atoms. The van der Waals surface area contributed by atoms with E-state index in [1.54, 1.807) is 0 Å². The first-order valence-corrected chi connectivity index (χ1v) is 6.16. The summed E-state index contributed by atoms with van der Waals surface area (Å²) in [4.78, 5) is 14.6. The number of nitrogen functional groups attached to an aromatic ring is 1. The Morgan fingerprint density at radius 1 is 1.45 bits per heavy atom. The van der Waals surface area contributed by atoms with Gasteiger partial charge in [0.1, 0.15) is 5.82 Å². The second-order valence-corrected chi connectivity index (χ2v) is 3.69. The average Bonchev–Trinajstić information content (AvgIpc) is 2.39. The number of anilines is 1. The van der Waals surface area contributed by atoms with E-state index in [4.69, 9.17) is 15.2 Å². The smallest absolute Gasteiger partial charge is 0.354 e. The van der Waals surface area contributed by atoms with Gasteiger partial charge in [-0.25, -0.2) is 9.36 Å². The van der Waals surface area contributed by atoms with E-state index in [-0.39, 0.29) is 17.0 Å². The Morgan fingerprint density at radius 3 is 2.50 bits per heavy atom. The van der Waals surface area contributed by atoms with E-state index in [0.29, 0.717) is 0 Å². The molecular formula is C12H21F2N3O3. The molecule has 1 unspecified atom stereocenters. The van der Waals surface area contributed by atoms with Gasteiger partial charge in [0, 0.05) is 20.4 Å². The monoisotopic (exact) mass is 293 g/mol. The molecule has 2 N–H and O–H groups in total. The summed E-state index contributed by atoms with van der Waals surface area (Å²) in [6, 6.07) is -2.29. The zero-order chi connectivity index (χ0) is 15.8. The Kier molecular flexibility index (Phi) is 7.93. The highest BCUT2D eigenvalue weighted by Gasteiger charge is 2.36. The quantitative estimate of drug-likeness (QED) is 0.858. The third-order valence-electron chi connectivity index (χ3n) is 2.34. The average molecular weight is 293 g/mol. The molecule has 0 bridgehead atoms. The summed E-state index contributed by atoms with van der Waals surface area (Å²) in [5.74, 6) is -0.104. The van der Waals surface area contributed by atoms with Crippen LogP contribution in [0.15, 0.2) is 17.1 Å². The van der Waals surface area contributed by atoms with E-state index in [2.05, 4.69) is 4.98 Å². The minimum absolute atomic E-state index is 0.00322. The van der Waals surface area contributed by atoms with E-state index in [9.17, 15) is 13.6 Å². The van der Waals surface area contributed by atoms with Gasteiger partial charge < -0.3 is 15.2 Å². The van der Waals surface area contributed by atoms with Crippen molar-refractivity contribution in [2.45, 2.75) is 32.4 Å². The van der Waals surface area contributed by atoms with Crippen LogP contribution in [-0.4, -0.2) is 36.5 Å². The highest BCUT2D eigenvalue weighted by molar-refractivity contribution is 5.23. The van der Waals surface area contributed by atoms with Gasteiger partial charge in [-0.1, -0.05) is 13.8 Å². The third-order valence-corrected chi connectivity index (χ3v) is 2.34. The number of alkyl halides is 2. The first kappa shape index (κ1) is 18.5. The van der Waals surface area contributed by atoms with Crippen molar-refractivity contribution in [3.05, 3.63) is 22.7 Å². The summed E-state index contributed by atoms with van der Waals surface area (Å²) in [6.07, 6.45) is -0.609. The number of rotatable bonds is 6. The van der Waals surface area contributed by atoms with Crippen molar-refractivity contribution in [2.24, 2.45) is 0 Å². The molecule has 0 saturated heterocycles. The van der Waals surface area contributed by atoms with Gasteiger partial charge in [-0.2, -0.15) is 13.8 Å². The van der Waals surface area contributed by atoms with Gasteiger partial charge in [-0.05, 0) is 6.07 Å². The molecular weight excluding hydrogens is 272 g/mol. The van der Waals surface area contributed by atoms with Crippen LogP contribution in [0.5, 0.6) is 0 Å². The van der Waals surface area contributed by atoms with E-state index in [0.717, 1.165) is 12.3 Å². The fourth-order valence-electron chi connectivity index (χ4n) is 1.43. The maximum Gasteiger partial charge on any atom is 0.354 e. The fraction of sp³-hybridized carbons (Fsp3) is 0.667. The molecule has 20 heavy (non-hydrogen) atoms. The van der Waals surface area contributed by atoms with Crippen molar-refractivity contribution < 1.29 is 18.3 Å². The van der Waals surface area contributed by atoms with Gasteiger partial charge in [-0.15, -0.1) is 0 Å². The molecule has 1 aromatic rings. The number of ether oxygens (including phenoxy) is 2. The largest absolute Gasteiger partial charge is 0.383 e. The van der Waals surface area contributed by atoms with Gasteiger partial charge in [-0.3, -0.25) is 0 Å². The van der Waals surface area contributed by atoms with Crippen molar-refractivity contribution in [3.8, 4) is 0 Å². The lowest BCUT2D eigenvalue weighted by molar-refractivity contribution is -0.131. The lowest BCUT2D eigenvalue weighted by Crippen LogP contribution is -2.39. The van der Waals surface area contributed by atoms with Crippen LogP contribution in [0.25, 0.3) is 0 Å². The number of aromatic nitrogens is 2. The van der Waals surface area contributed by atoms with Crippen molar-refractivity contribution in [2.75, 3.05) is 26.6 Å². The van der Waals surface area contributed by atoms with Crippen LogP contribution in [0.4, 0.5) is 14.6 Å². The van der Waals surface area contributed by atoms with Gasteiger partial charge in [0.2, 0.25) is 0 Å². The van der Waals surface area contributed by atoms with Crippen molar-refractivity contribution >= 4 is 5.82 Å². The summed E-state index contributed by atoms with van der Waals surface area (Å²) in [7, 11) is 2.67. The molecule has 1 rings (SSSR count). The highest BCUT2D eigenvalue weighted by atomic mass is 19.3. The van der Waals surface area contributed by atoms with Gasteiger partial charge in [0.15, 0.2) is 0 Å². The molecule has 0 aliphatic rings. The summed E-state index contributed by atoms with van der Waals surface area (Å²) in [5, 5.41) is 0. The molecule has 0 aliphatic carbocycles. The van der Waals surface area contributed by atoms with Crippen LogP contribution < -0.4 is 11.4 Å². The summed E-state index contributed by atoms with van der Waals surface area (Å²) in [5.41, 5.74) is 4.13. The Labute approximate surface area is 116 Å². The number of hydrogen-bond donors (Lipinski definition) is 1. The predicted octanol–water partition coefficient (Wildman–Crippen LogP) is 1.45. The minimum Gasteiger partial charge on any atom is -0.383 e. The van der Waals surface area contributed by atoms with E-state index in [1.165, 1.54) is 14.2 Å². The Morgan fingerprint density at radius 2 is 2.05 bits per heavy atom. The summed E-state index contributed by atoms with van der Waals surface area (Å²) in [6.45, 7) is 4.00. The maximum atomic E-state index is 13.9. The molecule has 1 aromatic heterocycles. The van der Waals surface area contributed by atoms with E-state index >= 15 is 0 Å². The first-order chi connectivity index (χ1) is 9.40. The minimum atomic E-state index is -3.42. The molecule has 0 amide bonds. The van der Waals surface area contributed by atoms with Gasteiger partial charge >= 0.3 is 11.7 Å². The number of nitrogens with two attached hydrogens (primary N) is 1. The Hall–Kier alpha value is -1.54. The van der Waals surface area contributed by atoms with Crippen LogP contribution in [0.2, 0.25) is 0 Å². The molecule has 0 saturated carbocycles.